The zero-order valence-corrected chi connectivity index (χ0v) is 22.3. The van der Waals surface area contributed by atoms with E-state index in [-0.39, 0.29) is 24.5 Å². The monoisotopic (exact) mass is 555 g/mol. The molecule has 2 aromatic carbocycles. The Hall–Kier alpha value is -1.97. The second-order valence-electron chi connectivity index (χ2n) is 8.58. The number of nitrogens with two attached hydrogens (primary N) is 2. The fraction of sp³-hybridized carbons (Fsp3) is 0.440. The minimum absolute atomic E-state index is 0.130. The van der Waals surface area contributed by atoms with Crippen LogP contribution in [0.25, 0.3) is 0 Å². The average Bonchev–Trinajstić information content (AvgIpc) is 2.84. The molecule has 1 atom stereocenters. The molecular formula is C25H35BrClN3O4. The van der Waals surface area contributed by atoms with E-state index in [1.54, 1.807) is 6.92 Å². The Bertz CT molecular complexity index is 954. The number of aliphatic hydroxyl groups is 2. The first-order chi connectivity index (χ1) is 16.1. The maximum atomic E-state index is 9.60. The molecule has 0 bridgehead atoms. The van der Waals surface area contributed by atoms with E-state index in [1.165, 1.54) is 5.01 Å². The first-order valence-electron chi connectivity index (χ1n) is 11.1. The zero-order chi connectivity index (χ0) is 25.3. The van der Waals surface area contributed by atoms with Gasteiger partial charge >= 0.3 is 0 Å². The minimum Gasteiger partial charge on any atom is -0.494 e. The molecule has 0 aromatic heterocycles. The highest BCUT2D eigenvalue weighted by Crippen LogP contribution is 2.36. The minimum atomic E-state index is -0.703. The van der Waals surface area contributed by atoms with E-state index in [0.29, 0.717) is 36.7 Å². The van der Waals surface area contributed by atoms with E-state index in [4.69, 9.17) is 37.8 Å². The number of nitrogens with zero attached hydrogens (tertiary/aromatic N) is 1. The van der Waals surface area contributed by atoms with Crippen LogP contribution >= 0.6 is 27.5 Å². The van der Waals surface area contributed by atoms with Gasteiger partial charge in [0.1, 0.15) is 24.2 Å². The predicted molar refractivity (Wildman–Crippen MR) is 140 cm³/mol. The highest BCUT2D eigenvalue weighted by atomic mass is 79.9. The van der Waals surface area contributed by atoms with Crippen LogP contribution < -0.4 is 21.1 Å². The zero-order valence-electron chi connectivity index (χ0n) is 19.9. The molecule has 2 rings (SSSR count). The van der Waals surface area contributed by atoms with Crippen LogP contribution in [0.4, 0.5) is 0 Å². The highest BCUT2D eigenvalue weighted by molar-refractivity contribution is 9.10. The van der Waals surface area contributed by atoms with Crippen LogP contribution in [0.15, 0.2) is 58.3 Å². The van der Waals surface area contributed by atoms with Gasteiger partial charge in [-0.05, 0) is 58.2 Å². The third-order valence-electron chi connectivity index (χ3n) is 5.72. The standard InChI is InChI=1S/C25H35BrClN3O4/c1-17(23(28)15-31)30(29)11-4-12-33-21-8-5-18(6-9-21)25(2,3)19-7-10-24(22(26)13-19)34-16-20(32)14-27/h5-10,13,20,31-32H,4,11-12,14-16,28-29H2,1-3H3/b23-17-. The number of halogens is 2. The number of hydrazine groups is 1. The lowest BCUT2D eigenvalue weighted by molar-refractivity contribution is 0.125. The van der Waals surface area contributed by atoms with E-state index >= 15 is 0 Å². The maximum absolute atomic E-state index is 9.60. The van der Waals surface area contributed by atoms with Gasteiger partial charge in [-0.1, -0.05) is 32.0 Å². The van der Waals surface area contributed by atoms with Crippen molar-refractivity contribution in [2.45, 2.75) is 38.7 Å². The van der Waals surface area contributed by atoms with Gasteiger partial charge in [0, 0.05) is 24.1 Å². The molecule has 0 fully saturated rings. The highest BCUT2D eigenvalue weighted by Gasteiger charge is 2.24. The number of hydrogen-bond donors (Lipinski definition) is 4. The van der Waals surface area contributed by atoms with Gasteiger partial charge in [0.05, 0.1) is 29.3 Å². The summed E-state index contributed by atoms with van der Waals surface area (Å²) in [4.78, 5) is 0. The summed E-state index contributed by atoms with van der Waals surface area (Å²) in [5, 5.41) is 20.2. The molecule has 1 unspecified atom stereocenters. The summed E-state index contributed by atoms with van der Waals surface area (Å²) in [7, 11) is 0. The summed E-state index contributed by atoms with van der Waals surface area (Å²) in [6, 6.07) is 14.0. The molecule has 0 radical (unpaired) electrons. The molecule has 9 heteroatoms. The van der Waals surface area contributed by atoms with Crippen molar-refractivity contribution in [1.29, 1.82) is 0 Å². The Morgan fingerprint density at radius 3 is 2.38 bits per heavy atom. The second kappa shape index (κ2) is 13.2. The summed E-state index contributed by atoms with van der Waals surface area (Å²) < 4.78 is 12.3. The lowest BCUT2D eigenvalue weighted by Gasteiger charge is -2.27. The topological polar surface area (TPSA) is 114 Å². The maximum Gasteiger partial charge on any atom is 0.133 e. The van der Waals surface area contributed by atoms with Crippen LogP contribution in [-0.2, 0) is 5.41 Å². The first kappa shape index (κ1) is 28.3. The number of allylic oxidation sites excluding steroid dienone is 1. The van der Waals surface area contributed by atoms with Crippen molar-refractivity contribution < 1.29 is 19.7 Å². The molecule has 0 saturated carbocycles. The first-order valence-corrected chi connectivity index (χ1v) is 12.4. The van der Waals surface area contributed by atoms with E-state index < -0.39 is 6.10 Å². The van der Waals surface area contributed by atoms with Crippen LogP contribution in [-0.4, -0.2) is 53.6 Å². The molecule has 188 valence electrons. The number of aliphatic hydroxyl groups excluding tert-OH is 2. The van der Waals surface area contributed by atoms with Gasteiger partial charge in [-0.25, -0.2) is 5.84 Å². The van der Waals surface area contributed by atoms with Crippen molar-refractivity contribution >= 4 is 27.5 Å². The Morgan fingerprint density at radius 1 is 1.15 bits per heavy atom. The van der Waals surface area contributed by atoms with Gasteiger partial charge in [0.15, 0.2) is 0 Å². The normalized spacial score (nSPS) is 13.3. The summed E-state index contributed by atoms with van der Waals surface area (Å²) in [6.45, 7) is 7.10. The largest absolute Gasteiger partial charge is 0.494 e. The fourth-order valence-electron chi connectivity index (χ4n) is 3.26. The molecule has 0 heterocycles. The summed E-state index contributed by atoms with van der Waals surface area (Å²) in [5.41, 5.74) is 8.74. The lowest BCUT2D eigenvalue weighted by Crippen LogP contribution is -2.33. The van der Waals surface area contributed by atoms with Gasteiger partial charge in [-0.2, -0.15) is 0 Å². The third kappa shape index (κ3) is 7.78. The van der Waals surface area contributed by atoms with Crippen LogP contribution in [0.5, 0.6) is 11.5 Å². The Morgan fingerprint density at radius 2 is 1.79 bits per heavy atom. The van der Waals surface area contributed by atoms with Crippen molar-refractivity contribution in [3.05, 3.63) is 69.5 Å². The third-order valence-corrected chi connectivity index (χ3v) is 6.69. The summed E-state index contributed by atoms with van der Waals surface area (Å²) in [5.74, 6) is 7.53. The number of ether oxygens (including phenoxy) is 2. The van der Waals surface area contributed by atoms with Crippen LogP contribution in [0, 0.1) is 0 Å². The van der Waals surface area contributed by atoms with E-state index in [1.807, 2.05) is 30.3 Å². The SMILES string of the molecule is C/C(=C(/N)CO)N(N)CCCOc1ccc(C(C)(C)c2ccc(OCC(O)CCl)c(Br)c2)cc1. The van der Waals surface area contributed by atoms with Gasteiger partial charge in [-0.15, -0.1) is 11.6 Å². The van der Waals surface area contributed by atoms with E-state index in [0.717, 1.165) is 21.3 Å². The summed E-state index contributed by atoms with van der Waals surface area (Å²) in [6.07, 6.45) is 0.00938. The van der Waals surface area contributed by atoms with Crippen molar-refractivity contribution in [3.63, 3.8) is 0 Å². The molecule has 0 spiro atoms. The number of benzene rings is 2. The molecule has 0 aliphatic rings. The molecule has 0 saturated heterocycles. The number of hydrogen-bond acceptors (Lipinski definition) is 7. The quantitative estimate of drug-likeness (QED) is 0.128. The van der Waals surface area contributed by atoms with Gasteiger partial charge in [-0.3, -0.25) is 0 Å². The molecule has 0 amide bonds. The van der Waals surface area contributed by atoms with Crippen molar-refractivity contribution in [2.75, 3.05) is 32.2 Å². The van der Waals surface area contributed by atoms with Crippen molar-refractivity contribution in [3.8, 4) is 11.5 Å². The van der Waals surface area contributed by atoms with Crippen LogP contribution in [0.1, 0.15) is 38.3 Å². The van der Waals surface area contributed by atoms with Gasteiger partial charge in [0.2, 0.25) is 0 Å². The second-order valence-corrected chi connectivity index (χ2v) is 9.74. The fourth-order valence-corrected chi connectivity index (χ4v) is 3.85. The van der Waals surface area contributed by atoms with Crippen molar-refractivity contribution in [1.82, 2.24) is 5.01 Å². The number of alkyl halides is 1. The predicted octanol–water partition coefficient (Wildman–Crippen LogP) is 3.88. The Kier molecular flexibility index (Phi) is 11.0. The molecule has 2 aromatic rings. The average molecular weight is 557 g/mol. The Labute approximate surface area is 215 Å². The van der Waals surface area contributed by atoms with Crippen LogP contribution in [0.3, 0.4) is 0 Å². The van der Waals surface area contributed by atoms with Crippen molar-refractivity contribution in [2.24, 2.45) is 11.6 Å². The molecular weight excluding hydrogens is 522 g/mol. The molecule has 7 nitrogen and oxygen atoms in total. The van der Waals surface area contributed by atoms with Gasteiger partial charge in [0.25, 0.3) is 0 Å². The summed E-state index contributed by atoms with van der Waals surface area (Å²) >= 11 is 9.19. The number of rotatable bonds is 13. The van der Waals surface area contributed by atoms with E-state index in [9.17, 15) is 5.11 Å². The molecule has 6 N–H and O–H groups in total. The lowest BCUT2D eigenvalue weighted by atomic mass is 9.78. The van der Waals surface area contributed by atoms with Crippen LogP contribution in [0.2, 0.25) is 0 Å². The smallest absolute Gasteiger partial charge is 0.133 e. The Balaban J connectivity index is 1.96. The van der Waals surface area contributed by atoms with Gasteiger partial charge < -0.3 is 30.4 Å². The van der Waals surface area contributed by atoms with E-state index in [2.05, 4.69) is 41.9 Å². The molecule has 34 heavy (non-hydrogen) atoms. The molecule has 0 aliphatic carbocycles. The molecule has 0 aliphatic heterocycles.